The van der Waals surface area contributed by atoms with Crippen LogP contribution in [-0.2, 0) is 19.4 Å². The molecule has 2 aromatic carbocycles. The number of thioether (sulfide) groups is 1. The van der Waals surface area contributed by atoms with Crippen LogP contribution in [0.1, 0.15) is 0 Å². The highest BCUT2D eigenvalue weighted by atomic mass is 32.2. The van der Waals surface area contributed by atoms with E-state index in [9.17, 15) is 28.1 Å². The van der Waals surface area contributed by atoms with Crippen molar-refractivity contribution >= 4 is 44.8 Å². The zero-order chi connectivity index (χ0) is 20.3. The summed E-state index contributed by atoms with van der Waals surface area (Å²) in [5.41, 5.74) is 0.193. The molecule has 0 unspecified atom stereocenters. The van der Waals surface area contributed by atoms with E-state index in [0.717, 1.165) is 12.1 Å². The van der Waals surface area contributed by atoms with E-state index in [1.165, 1.54) is 53.1 Å². The Labute approximate surface area is 164 Å². The molecule has 0 radical (unpaired) electrons. The van der Waals surface area contributed by atoms with Crippen LogP contribution in [0.15, 0.2) is 58.3 Å². The van der Waals surface area contributed by atoms with Gasteiger partial charge in [-0.1, -0.05) is 0 Å². The minimum absolute atomic E-state index is 0.00882. The van der Waals surface area contributed by atoms with Crippen molar-refractivity contribution in [2.75, 3.05) is 23.5 Å². The summed E-state index contributed by atoms with van der Waals surface area (Å²) in [6, 6.07) is 10.2. The maximum atomic E-state index is 12.6. The van der Waals surface area contributed by atoms with Crippen LogP contribution >= 0.6 is 11.8 Å². The highest BCUT2D eigenvalue weighted by molar-refractivity contribution is 8.00. The summed E-state index contributed by atoms with van der Waals surface area (Å²) >= 11 is 1.44. The first-order valence-electron chi connectivity index (χ1n) is 8.02. The van der Waals surface area contributed by atoms with E-state index >= 15 is 0 Å². The summed E-state index contributed by atoms with van der Waals surface area (Å²) in [7, 11) is -3.84. The first-order chi connectivity index (χ1) is 13.3. The predicted octanol–water partition coefficient (Wildman–Crippen LogP) is 1.90. The summed E-state index contributed by atoms with van der Waals surface area (Å²) in [6.45, 7) is -0.0608. The average molecular weight is 421 g/mol. The Kier molecular flexibility index (Phi) is 5.66. The molecular weight excluding hydrogens is 406 g/mol. The highest BCUT2D eigenvalue weighted by Gasteiger charge is 2.23. The SMILES string of the molecule is O=C(CN1CSCC1=O)Nc1ccc(S(=O)(=O)c2ccc([N+](=O)[O-])cc2)cc1. The van der Waals surface area contributed by atoms with Gasteiger partial charge in [-0.05, 0) is 36.4 Å². The van der Waals surface area contributed by atoms with Crippen LogP contribution in [0.25, 0.3) is 0 Å². The highest BCUT2D eigenvalue weighted by Crippen LogP contribution is 2.24. The van der Waals surface area contributed by atoms with E-state index < -0.39 is 14.8 Å². The molecule has 2 amide bonds. The summed E-state index contributed by atoms with van der Waals surface area (Å²) in [5, 5.41) is 13.3. The van der Waals surface area contributed by atoms with Crippen LogP contribution in [0, 0.1) is 10.1 Å². The third kappa shape index (κ3) is 4.31. The van der Waals surface area contributed by atoms with Crippen LogP contribution < -0.4 is 5.32 Å². The van der Waals surface area contributed by atoms with Gasteiger partial charge in [0.2, 0.25) is 21.7 Å². The normalized spacial score (nSPS) is 14.1. The van der Waals surface area contributed by atoms with Crippen LogP contribution in [0.4, 0.5) is 11.4 Å². The van der Waals surface area contributed by atoms with Gasteiger partial charge in [0.1, 0.15) is 6.54 Å². The van der Waals surface area contributed by atoms with Gasteiger partial charge < -0.3 is 10.2 Å². The number of nitro benzene ring substituents is 1. The Balaban J connectivity index is 1.69. The number of sulfone groups is 1. The van der Waals surface area contributed by atoms with Crippen molar-refractivity contribution in [1.29, 1.82) is 0 Å². The van der Waals surface area contributed by atoms with Crippen LogP contribution in [-0.4, -0.2) is 48.2 Å². The average Bonchev–Trinajstić information content (AvgIpc) is 3.06. The molecule has 9 nitrogen and oxygen atoms in total. The number of amides is 2. The molecule has 0 atom stereocenters. The Morgan fingerprint density at radius 1 is 1.11 bits per heavy atom. The lowest BCUT2D eigenvalue weighted by molar-refractivity contribution is -0.384. The van der Waals surface area contributed by atoms with E-state index in [4.69, 9.17) is 0 Å². The van der Waals surface area contributed by atoms with Gasteiger partial charge in [0.25, 0.3) is 5.69 Å². The van der Waals surface area contributed by atoms with Crippen molar-refractivity contribution in [3.05, 3.63) is 58.6 Å². The summed E-state index contributed by atoms with van der Waals surface area (Å²) < 4.78 is 25.2. The fraction of sp³-hybridized carbons (Fsp3) is 0.176. The summed E-state index contributed by atoms with van der Waals surface area (Å²) in [6.07, 6.45) is 0. The molecule has 28 heavy (non-hydrogen) atoms. The monoisotopic (exact) mass is 421 g/mol. The van der Waals surface area contributed by atoms with Gasteiger partial charge >= 0.3 is 0 Å². The van der Waals surface area contributed by atoms with Crippen molar-refractivity contribution in [2.24, 2.45) is 0 Å². The van der Waals surface area contributed by atoms with Gasteiger partial charge in [-0.3, -0.25) is 19.7 Å². The van der Waals surface area contributed by atoms with Gasteiger partial charge in [0, 0.05) is 17.8 Å². The molecule has 0 bridgehead atoms. The van der Waals surface area contributed by atoms with E-state index in [1.807, 2.05) is 0 Å². The number of hydrogen-bond donors (Lipinski definition) is 1. The minimum atomic E-state index is -3.84. The second-order valence-electron chi connectivity index (χ2n) is 5.90. The number of rotatable bonds is 6. The lowest BCUT2D eigenvalue weighted by Crippen LogP contribution is -2.34. The standard InChI is InChI=1S/C17H15N3O6S2/c21-16(9-19-11-27-10-17(19)22)18-12-1-5-14(6-2-12)28(25,26)15-7-3-13(4-8-15)20(23)24/h1-8H,9-11H2,(H,18,21). The van der Waals surface area contributed by atoms with Crippen LogP contribution in [0.5, 0.6) is 0 Å². The van der Waals surface area contributed by atoms with Gasteiger partial charge in [-0.25, -0.2) is 8.42 Å². The molecule has 0 saturated carbocycles. The van der Waals surface area contributed by atoms with Crippen molar-refractivity contribution in [3.8, 4) is 0 Å². The molecule has 1 aliphatic heterocycles. The van der Waals surface area contributed by atoms with Crippen molar-refractivity contribution in [3.63, 3.8) is 0 Å². The Morgan fingerprint density at radius 2 is 1.68 bits per heavy atom. The maximum Gasteiger partial charge on any atom is 0.269 e. The van der Waals surface area contributed by atoms with Gasteiger partial charge in [-0.2, -0.15) is 0 Å². The minimum Gasteiger partial charge on any atom is -0.325 e. The topological polar surface area (TPSA) is 127 Å². The third-order valence-corrected chi connectivity index (χ3v) is 6.70. The lowest BCUT2D eigenvalue weighted by atomic mass is 10.3. The maximum absolute atomic E-state index is 12.6. The number of non-ortho nitro benzene ring substituents is 1. The Morgan fingerprint density at radius 3 is 2.18 bits per heavy atom. The number of carbonyl (C=O) groups excluding carboxylic acids is 2. The number of hydrogen-bond acceptors (Lipinski definition) is 7. The van der Waals surface area contributed by atoms with Gasteiger partial charge in [-0.15, -0.1) is 11.8 Å². The molecule has 1 fully saturated rings. The molecule has 1 N–H and O–H groups in total. The quantitative estimate of drug-likeness (QED) is 0.557. The molecule has 1 heterocycles. The molecule has 0 aromatic heterocycles. The molecular formula is C17H15N3O6S2. The number of benzene rings is 2. The second kappa shape index (κ2) is 7.98. The molecule has 3 rings (SSSR count). The fourth-order valence-electron chi connectivity index (χ4n) is 2.51. The third-order valence-electron chi connectivity index (χ3n) is 3.97. The molecule has 0 aliphatic carbocycles. The smallest absolute Gasteiger partial charge is 0.269 e. The number of nitro groups is 1. The fourth-order valence-corrected chi connectivity index (χ4v) is 4.68. The predicted molar refractivity (Wildman–Crippen MR) is 103 cm³/mol. The van der Waals surface area contributed by atoms with Gasteiger partial charge in [0.05, 0.1) is 26.3 Å². The van der Waals surface area contributed by atoms with Crippen LogP contribution in [0.2, 0.25) is 0 Å². The molecule has 0 spiro atoms. The Bertz CT molecular complexity index is 1020. The van der Waals surface area contributed by atoms with Crippen molar-refractivity contribution in [1.82, 2.24) is 4.90 Å². The number of carbonyl (C=O) groups is 2. The van der Waals surface area contributed by atoms with Crippen molar-refractivity contribution in [2.45, 2.75) is 9.79 Å². The van der Waals surface area contributed by atoms with Gasteiger partial charge in [0.15, 0.2) is 0 Å². The number of nitrogens with one attached hydrogen (secondary N) is 1. The van der Waals surface area contributed by atoms with E-state index in [2.05, 4.69) is 5.32 Å². The first-order valence-corrected chi connectivity index (χ1v) is 10.7. The van der Waals surface area contributed by atoms with E-state index in [0.29, 0.717) is 17.3 Å². The number of nitrogens with zero attached hydrogens (tertiary/aromatic N) is 2. The molecule has 2 aromatic rings. The Hall–Kier alpha value is -2.92. The van der Waals surface area contributed by atoms with Crippen LogP contribution in [0.3, 0.4) is 0 Å². The molecule has 11 heteroatoms. The van der Waals surface area contributed by atoms with E-state index in [1.54, 1.807) is 0 Å². The van der Waals surface area contributed by atoms with E-state index in [-0.39, 0.29) is 33.8 Å². The first kappa shape index (κ1) is 19.8. The molecule has 1 saturated heterocycles. The van der Waals surface area contributed by atoms with Crippen molar-refractivity contribution < 1.29 is 22.9 Å². The zero-order valence-electron chi connectivity index (χ0n) is 14.4. The summed E-state index contributed by atoms with van der Waals surface area (Å²) in [4.78, 5) is 35.0. The summed E-state index contributed by atoms with van der Waals surface area (Å²) in [5.74, 6) is 0.368. The second-order valence-corrected chi connectivity index (χ2v) is 8.80. The largest absolute Gasteiger partial charge is 0.325 e. The number of anilines is 1. The lowest BCUT2D eigenvalue weighted by Gasteiger charge is -2.14. The zero-order valence-corrected chi connectivity index (χ0v) is 16.0. The molecule has 146 valence electrons. The molecule has 1 aliphatic rings.